The number of fused-ring (bicyclic) bond motifs is 1. The van der Waals surface area contributed by atoms with Crippen LogP contribution in [-0.2, 0) is 4.79 Å². The molecule has 0 unspecified atom stereocenters. The molecule has 1 aromatic carbocycles. The zero-order valence-corrected chi connectivity index (χ0v) is 11.9. The molecular formula is C16H17NO5. The Kier molecular flexibility index (Phi) is 4.29. The predicted molar refractivity (Wildman–Crippen MR) is 77.6 cm³/mol. The van der Waals surface area contributed by atoms with Crippen LogP contribution >= 0.6 is 0 Å². The Labute approximate surface area is 127 Å². The highest BCUT2D eigenvalue weighted by molar-refractivity contribution is 5.81. The lowest BCUT2D eigenvalue weighted by Gasteiger charge is -2.25. The van der Waals surface area contributed by atoms with Gasteiger partial charge in [0.2, 0.25) is 6.10 Å². The summed E-state index contributed by atoms with van der Waals surface area (Å²) in [6.45, 7) is 0.492. The minimum Gasteiger partial charge on any atom is -0.485 e. The second-order valence-corrected chi connectivity index (χ2v) is 4.98. The summed E-state index contributed by atoms with van der Waals surface area (Å²) in [7, 11) is 0. The number of ether oxygens (including phenoxy) is 2. The number of hydrogen-bond acceptors (Lipinski definition) is 5. The number of amides is 1. The molecule has 0 saturated carbocycles. The van der Waals surface area contributed by atoms with Gasteiger partial charge in [0.25, 0.3) is 5.91 Å². The number of aliphatic hydroxyl groups excluding tert-OH is 1. The van der Waals surface area contributed by atoms with Crippen molar-refractivity contribution in [3.8, 4) is 11.5 Å². The third kappa shape index (κ3) is 3.23. The van der Waals surface area contributed by atoms with Crippen LogP contribution in [0.3, 0.4) is 0 Å². The van der Waals surface area contributed by atoms with Gasteiger partial charge in [0.1, 0.15) is 18.5 Å². The van der Waals surface area contributed by atoms with E-state index in [1.807, 2.05) is 12.1 Å². The van der Waals surface area contributed by atoms with Crippen LogP contribution in [0, 0.1) is 0 Å². The van der Waals surface area contributed by atoms with Crippen LogP contribution in [-0.4, -0.2) is 30.3 Å². The lowest BCUT2D eigenvalue weighted by molar-refractivity contribution is -0.130. The number of carbonyl (C=O) groups is 1. The maximum absolute atomic E-state index is 12.1. The second-order valence-electron chi connectivity index (χ2n) is 4.98. The number of benzene rings is 1. The first-order valence-electron chi connectivity index (χ1n) is 7.11. The van der Waals surface area contributed by atoms with Crippen molar-refractivity contribution in [3.63, 3.8) is 0 Å². The van der Waals surface area contributed by atoms with E-state index in [1.54, 1.807) is 24.3 Å². The van der Waals surface area contributed by atoms with Crippen LogP contribution in [0.2, 0.25) is 0 Å². The van der Waals surface area contributed by atoms with Crippen LogP contribution in [0.5, 0.6) is 11.5 Å². The fourth-order valence-electron chi connectivity index (χ4n) is 2.22. The molecule has 6 nitrogen and oxygen atoms in total. The van der Waals surface area contributed by atoms with Crippen LogP contribution in [0.4, 0.5) is 0 Å². The molecule has 116 valence electrons. The Balaban J connectivity index is 1.47. The number of para-hydroxylation sites is 2. The average molecular weight is 303 g/mol. The van der Waals surface area contributed by atoms with Crippen LogP contribution in [0.25, 0.3) is 0 Å². The van der Waals surface area contributed by atoms with Gasteiger partial charge >= 0.3 is 0 Å². The first-order chi connectivity index (χ1) is 10.7. The summed E-state index contributed by atoms with van der Waals surface area (Å²) in [6.07, 6.45) is 0.445. The van der Waals surface area contributed by atoms with Crippen molar-refractivity contribution in [1.29, 1.82) is 0 Å². The Morgan fingerprint density at radius 3 is 2.86 bits per heavy atom. The van der Waals surface area contributed by atoms with Crippen molar-refractivity contribution in [2.24, 2.45) is 0 Å². The van der Waals surface area contributed by atoms with Gasteiger partial charge in [0.15, 0.2) is 11.5 Å². The second kappa shape index (κ2) is 6.53. The molecule has 0 fully saturated rings. The molecule has 1 aliphatic heterocycles. The lowest BCUT2D eigenvalue weighted by Crippen LogP contribution is -2.44. The highest BCUT2D eigenvalue weighted by Crippen LogP contribution is 2.30. The number of hydrogen-bond donors (Lipinski definition) is 2. The molecule has 0 aliphatic carbocycles. The molecule has 2 aromatic rings. The summed E-state index contributed by atoms with van der Waals surface area (Å²) >= 11 is 0. The fourth-order valence-corrected chi connectivity index (χ4v) is 2.22. The van der Waals surface area contributed by atoms with Gasteiger partial charge in [-0.25, -0.2) is 0 Å². The highest BCUT2D eigenvalue weighted by Gasteiger charge is 2.27. The number of carbonyl (C=O) groups excluding carboxylic acids is 1. The molecule has 6 heteroatoms. The Hall–Kier alpha value is -2.47. The van der Waals surface area contributed by atoms with E-state index in [4.69, 9.17) is 13.9 Å². The molecule has 0 bridgehead atoms. The Morgan fingerprint density at radius 2 is 2.09 bits per heavy atom. The minimum atomic E-state index is -0.737. The van der Waals surface area contributed by atoms with Gasteiger partial charge in [-0.05, 0) is 30.7 Å². The molecule has 3 rings (SSSR count). The molecule has 1 amide bonds. The summed E-state index contributed by atoms with van der Waals surface area (Å²) < 4.78 is 16.2. The zero-order chi connectivity index (χ0) is 15.4. The summed E-state index contributed by atoms with van der Waals surface area (Å²) in [6, 6.07) is 10.6. The van der Waals surface area contributed by atoms with Gasteiger partial charge in [-0.3, -0.25) is 4.79 Å². The van der Waals surface area contributed by atoms with E-state index >= 15 is 0 Å². The number of furan rings is 1. The number of rotatable bonds is 5. The van der Waals surface area contributed by atoms with E-state index in [1.165, 1.54) is 6.26 Å². The first kappa shape index (κ1) is 14.5. The third-order valence-corrected chi connectivity index (χ3v) is 3.39. The largest absolute Gasteiger partial charge is 0.485 e. The van der Waals surface area contributed by atoms with Crippen LogP contribution < -0.4 is 14.8 Å². The number of nitrogens with one attached hydrogen (secondary N) is 1. The lowest BCUT2D eigenvalue weighted by atomic mass is 10.2. The standard InChI is InChI=1S/C16H17NO5/c18-11(12-6-3-9-20-12)7-8-17-16(19)15-10-21-13-4-1-2-5-14(13)22-15/h1-6,9,11,15,18H,7-8,10H2,(H,17,19)/t11-,15-/m1/s1. The molecule has 0 saturated heterocycles. The summed E-state index contributed by atoms with van der Waals surface area (Å²) in [4.78, 5) is 12.1. The first-order valence-corrected chi connectivity index (χ1v) is 7.11. The normalized spacial score (nSPS) is 17.8. The molecule has 0 radical (unpaired) electrons. The molecule has 1 aromatic heterocycles. The Morgan fingerprint density at radius 1 is 1.27 bits per heavy atom. The van der Waals surface area contributed by atoms with Crippen LogP contribution in [0.15, 0.2) is 47.1 Å². The molecule has 22 heavy (non-hydrogen) atoms. The molecule has 2 atom stereocenters. The smallest absolute Gasteiger partial charge is 0.264 e. The van der Waals surface area contributed by atoms with E-state index in [-0.39, 0.29) is 12.5 Å². The van der Waals surface area contributed by atoms with Gasteiger partial charge in [0, 0.05) is 6.54 Å². The van der Waals surface area contributed by atoms with Crippen molar-refractivity contribution < 1.29 is 23.8 Å². The van der Waals surface area contributed by atoms with Crippen molar-refractivity contribution in [3.05, 3.63) is 48.4 Å². The fraction of sp³-hybridized carbons (Fsp3) is 0.312. The van der Waals surface area contributed by atoms with Crippen molar-refractivity contribution in [2.45, 2.75) is 18.6 Å². The van der Waals surface area contributed by atoms with Crippen molar-refractivity contribution >= 4 is 5.91 Å². The van der Waals surface area contributed by atoms with Gasteiger partial charge in [-0.2, -0.15) is 0 Å². The zero-order valence-electron chi connectivity index (χ0n) is 11.9. The molecule has 2 N–H and O–H groups in total. The van der Waals surface area contributed by atoms with Crippen molar-refractivity contribution in [2.75, 3.05) is 13.2 Å². The number of aliphatic hydroxyl groups is 1. The van der Waals surface area contributed by atoms with E-state index < -0.39 is 12.2 Å². The third-order valence-electron chi connectivity index (χ3n) is 3.39. The topological polar surface area (TPSA) is 80.9 Å². The summed E-state index contributed by atoms with van der Waals surface area (Å²) in [5.41, 5.74) is 0. The SMILES string of the molecule is O=C(NCC[C@@H](O)c1ccco1)[C@H]1COc2ccccc2O1. The predicted octanol–water partition coefficient (Wildman–Crippen LogP) is 1.66. The maximum atomic E-state index is 12.1. The van der Waals surface area contributed by atoms with E-state index in [2.05, 4.69) is 5.32 Å². The molecular weight excluding hydrogens is 286 g/mol. The van der Waals surface area contributed by atoms with E-state index in [9.17, 15) is 9.90 Å². The van der Waals surface area contributed by atoms with Gasteiger partial charge < -0.3 is 24.3 Å². The monoisotopic (exact) mass is 303 g/mol. The van der Waals surface area contributed by atoms with Gasteiger partial charge in [-0.1, -0.05) is 12.1 Å². The maximum Gasteiger partial charge on any atom is 0.264 e. The van der Waals surface area contributed by atoms with Crippen LogP contribution in [0.1, 0.15) is 18.3 Å². The van der Waals surface area contributed by atoms with Gasteiger partial charge in [-0.15, -0.1) is 0 Å². The minimum absolute atomic E-state index is 0.170. The molecule has 0 spiro atoms. The van der Waals surface area contributed by atoms with Gasteiger partial charge in [0.05, 0.1) is 6.26 Å². The highest BCUT2D eigenvalue weighted by atomic mass is 16.6. The van der Waals surface area contributed by atoms with E-state index in [0.717, 1.165) is 0 Å². The average Bonchev–Trinajstić information content (AvgIpc) is 3.08. The van der Waals surface area contributed by atoms with Crippen molar-refractivity contribution in [1.82, 2.24) is 5.32 Å². The van der Waals surface area contributed by atoms with E-state index in [0.29, 0.717) is 30.2 Å². The summed E-state index contributed by atoms with van der Waals surface area (Å²) in [5.74, 6) is 1.42. The summed E-state index contributed by atoms with van der Waals surface area (Å²) in [5, 5.41) is 12.6. The quantitative estimate of drug-likeness (QED) is 0.878. The Bertz CT molecular complexity index is 625. The molecule has 2 heterocycles. The molecule has 1 aliphatic rings.